The molecule has 2 aliphatic rings. The number of hydrogen-bond acceptors (Lipinski definition) is 3. The predicted octanol–water partition coefficient (Wildman–Crippen LogP) is 5.35. The Morgan fingerprint density at radius 2 is 1.62 bits per heavy atom. The number of nitrogens with zero attached hydrogens (tertiary/aromatic N) is 3. The summed E-state index contributed by atoms with van der Waals surface area (Å²) in [6, 6.07) is 26.8. The smallest absolute Gasteiger partial charge is 0.251 e. The summed E-state index contributed by atoms with van der Waals surface area (Å²) in [4.78, 5) is 32.2. The Balaban J connectivity index is 1.34. The van der Waals surface area contributed by atoms with Crippen molar-refractivity contribution in [3.63, 3.8) is 0 Å². The summed E-state index contributed by atoms with van der Waals surface area (Å²) in [5.74, 6) is 0.0309. The third-order valence-corrected chi connectivity index (χ3v) is 7.56. The summed E-state index contributed by atoms with van der Waals surface area (Å²) >= 11 is 0. The quantitative estimate of drug-likeness (QED) is 0.417. The molecule has 2 heterocycles. The van der Waals surface area contributed by atoms with Crippen molar-refractivity contribution in [3.8, 4) is 0 Å². The van der Waals surface area contributed by atoms with Gasteiger partial charge in [-0.3, -0.25) is 9.59 Å². The van der Waals surface area contributed by atoms with Crippen LogP contribution in [0, 0.1) is 0 Å². The van der Waals surface area contributed by atoms with E-state index in [-0.39, 0.29) is 17.9 Å². The molecule has 1 saturated heterocycles. The van der Waals surface area contributed by atoms with Crippen LogP contribution in [0.4, 0.5) is 11.4 Å². The molecule has 0 spiro atoms. The first-order chi connectivity index (χ1) is 18.1. The molecule has 0 unspecified atom stereocenters. The van der Waals surface area contributed by atoms with E-state index in [0.717, 1.165) is 62.3 Å². The van der Waals surface area contributed by atoms with Crippen LogP contribution >= 0.6 is 0 Å². The zero-order chi connectivity index (χ0) is 25.6. The first-order valence-corrected chi connectivity index (χ1v) is 13.3. The molecule has 0 aliphatic carbocycles. The monoisotopic (exact) mass is 493 g/mol. The van der Waals surface area contributed by atoms with Gasteiger partial charge in [0.1, 0.15) is 0 Å². The molecule has 37 heavy (non-hydrogen) atoms. The minimum absolute atomic E-state index is 0.0149. The second-order valence-electron chi connectivity index (χ2n) is 9.99. The Hall–Kier alpha value is -3.70. The molecule has 1 fully saturated rings. The third-order valence-electron chi connectivity index (χ3n) is 7.56. The highest BCUT2D eigenvalue weighted by Crippen LogP contribution is 2.34. The fraction of sp³-hybridized carbons (Fsp3) is 0.312. The van der Waals surface area contributed by atoms with Crippen molar-refractivity contribution in [2.75, 3.05) is 36.0 Å². The Bertz CT molecular complexity index is 1250. The summed E-state index contributed by atoms with van der Waals surface area (Å²) in [5, 5.41) is 0. The van der Waals surface area contributed by atoms with Crippen LogP contribution in [0.15, 0.2) is 84.9 Å². The van der Waals surface area contributed by atoms with E-state index in [2.05, 4.69) is 47.4 Å². The van der Waals surface area contributed by atoms with Gasteiger partial charge in [0.05, 0.1) is 0 Å². The molecule has 5 nitrogen and oxygen atoms in total. The molecule has 0 saturated carbocycles. The molecule has 5 heteroatoms. The first-order valence-electron chi connectivity index (χ1n) is 13.3. The Morgan fingerprint density at radius 3 is 2.32 bits per heavy atom. The second kappa shape index (κ2) is 11.6. The fourth-order valence-electron chi connectivity index (χ4n) is 5.51. The number of hydrogen-bond donors (Lipinski definition) is 0. The number of amides is 2. The molecule has 3 aromatic rings. The van der Waals surface area contributed by atoms with E-state index in [9.17, 15) is 9.59 Å². The van der Waals surface area contributed by atoms with E-state index in [1.807, 2.05) is 52.3 Å². The standard InChI is InChI=1S/C32H35N3O2/c1-25(36)34-23-17-28-13-14-30(24-31(28)34)35(32(37)15-12-26-8-4-2-5-9-26)29-18-21-33(22-19-29)20-16-27-10-6-3-7-11-27/h2-15,24,29H,16-23H2,1H3/b15-12+. The third kappa shape index (κ3) is 6.00. The SMILES string of the molecule is CC(=O)N1CCc2ccc(N(C(=O)/C=C/c3ccccc3)C3CCN(CCc4ccccc4)CC3)cc21. The van der Waals surface area contributed by atoms with E-state index >= 15 is 0 Å². The van der Waals surface area contributed by atoms with Crippen molar-refractivity contribution in [2.24, 2.45) is 0 Å². The van der Waals surface area contributed by atoms with Crippen LogP contribution in [0.5, 0.6) is 0 Å². The number of piperidine rings is 1. The Labute approximate surface area is 220 Å². The molecule has 0 N–H and O–H groups in total. The maximum atomic E-state index is 13.7. The van der Waals surface area contributed by atoms with Crippen LogP contribution in [0.1, 0.15) is 36.5 Å². The van der Waals surface area contributed by atoms with Gasteiger partial charge in [-0.25, -0.2) is 0 Å². The Morgan fingerprint density at radius 1 is 0.919 bits per heavy atom. The molecular formula is C32H35N3O2. The van der Waals surface area contributed by atoms with Crippen LogP contribution in [0.3, 0.4) is 0 Å². The predicted molar refractivity (Wildman–Crippen MR) is 151 cm³/mol. The lowest BCUT2D eigenvalue weighted by Gasteiger charge is -2.38. The van der Waals surface area contributed by atoms with Crippen LogP contribution in [0.25, 0.3) is 6.08 Å². The number of likely N-dealkylation sites (tertiary alicyclic amines) is 1. The van der Waals surface area contributed by atoms with Gasteiger partial charge in [-0.1, -0.05) is 66.7 Å². The van der Waals surface area contributed by atoms with Gasteiger partial charge in [0.2, 0.25) is 5.91 Å². The molecule has 0 atom stereocenters. The van der Waals surface area contributed by atoms with E-state index in [1.165, 1.54) is 11.1 Å². The summed E-state index contributed by atoms with van der Waals surface area (Å²) in [6.07, 6.45) is 7.32. The van der Waals surface area contributed by atoms with Crippen LogP contribution < -0.4 is 9.80 Å². The molecule has 0 radical (unpaired) electrons. The first kappa shape index (κ1) is 25.0. The zero-order valence-electron chi connectivity index (χ0n) is 21.6. The van der Waals surface area contributed by atoms with E-state index in [0.29, 0.717) is 6.54 Å². The lowest BCUT2D eigenvalue weighted by molar-refractivity contribution is -0.116. The van der Waals surface area contributed by atoms with Crippen molar-refractivity contribution >= 4 is 29.3 Å². The zero-order valence-corrected chi connectivity index (χ0v) is 21.6. The van der Waals surface area contributed by atoms with Gasteiger partial charge in [0, 0.05) is 56.6 Å². The summed E-state index contributed by atoms with van der Waals surface area (Å²) in [7, 11) is 0. The second-order valence-corrected chi connectivity index (χ2v) is 9.99. The maximum absolute atomic E-state index is 13.7. The van der Waals surface area contributed by atoms with Crippen LogP contribution in [-0.4, -0.2) is 48.9 Å². The normalized spacial score (nSPS) is 16.2. The summed E-state index contributed by atoms with van der Waals surface area (Å²) in [6.45, 7) is 5.28. The fourth-order valence-corrected chi connectivity index (χ4v) is 5.51. The maximum Gasteiger partial charge on any atom is 0.251 e. The number of benzene rings is 3. The van der Waals surface area contributed by atoms with Crippen molar-refractivity contribution in [1.82, 2.24) is 4.90 Å². The van der Waals surface area contributed by atoms with E-state index < -0.39 is 0 Å². The summed E-state index contributed by atoms with van der Waals surface area (Å²) in [5.41, 5.74) is 5.35. The van der Waals surface area contributed by atoms with Gasteiger partial charge in [-0.05, 0) is 60.6 Å². The summed E-state index contributed by atoms with van der Waals surface area (Å²) < 4.78 is 0. The van der Waals surface area contributed by atoms with Crippen LogP contribution in [0.2, 0.25) is 0 Å². The van der Waals surface area contributed by atoms with E-state index in [4.69, 9.17) is 0 Å². The average Bonchev–Trinajstić information content (AvgIpc) is 3.37. The minimum Gasteiger partial charge on any atom is -0.312 e. The largest absolute Gasteiger partial charge is 0.312 e. The van der Waals surface area contributed by atoms with Gasteiger partial charge in [-0.2, -0.15) is 0 Å². The molecule has 3 aromatic carbocycles. The van der Waals surface area contributed by atoms with Crippen molar-refractivity contribution in [3.05, 3.63) is 102 Å². The van der Waals surface area contributed by atoms with Crippen LogP contribution in [-0.2, 0) is 22.4 Å². The van der Waals surface area contributed by atoms with Gasteiger partial charge < -0.3 is 14.7 Å². The number of fused-ring (bicyclic) bond motifs is 1. The highest BCUT2D eigenvalue weighted by Gasteiger charge is 2.30. The van der Waals surface area contributed by atoms with Gasteiger partial charge in [0.25, 0.3) is 5.91 Å². The molecule has 0 aromatic heterocycles. The van der Waals surface area contributed by atoms with E-state index in [1.54, 1.807) is 13.0 Å². The van der Waals surface area contributed by atoms with Crippen molar-refractivity contribution in [1.29, 1.82) is 0 Å². The molecule has 190 valence electrons. The number of carbonyl (C=O) groups excluding carboxylic acids is 2. The average molecular weight is 494 g/mol. The molecule has 2 amide bonds. The van der Waals surface area contributed by atoms with Gasteiger partial charge in [-0.15, -0.1) is 0 Å². The highest BCUT2D eigenvalue weighted by molar-refractivity contribution is 6.05. The molecule has 2 aliphatic heterocycles. The molecular weight excluding hydrogens is 458 g/mol. The number of carbonyl (C=O) groups is 2. The minimum atomic E-state index is -0.0149. The van der Waals surface area contributed by atoms with Gasteiger partial charge in [0.15, 0.2) is 0 Å². The Kier molecular flexibility index (Phi) is 7.81. The highest BCUT2D eigenvalue weighted by atomic mass is 16.2. The number of anilines is 2. The lowest BCUT2D eigenvalue weighted by Crippen LogP contribution is -2.47. The number of rotatable bonds is 7. The van der Waals surface area contributed by atoms with Crippen molar-refractivity contribution < 1.29 is 9.59 Å². The van der Waals surface area contributed by atoms with Crippen molar-refractivity contribution in [2.45, 2.75) is 38.6 Å². The lowest BCUT2D eigenvalue weighted by atomic mass is 10.0. The molecule has 5 rings (SSSR count). The molecule has 0 bridgehead atoms. The topological polar surface area (TPSA) is 43.9 Å². The van der Waals surface area contributed by atoms with Gasteiger partial charge >= 0.3 is 0 Å².